The maximum absolute atomic E-state index is 12.9. The van der Waals surface area contributed by atoms with E-state index in [0.29, 0.717) is 0 Å². The molecule has 1 aromatic heterocycles. The first-order valence-electron chi connectivity index (χ1n) is 7.30. The number of phenolic OH excluding ortho intramolecular Hbond substituents is 4. The number of aryl methyl sites for hydroxylation is 1. The van der Waals surface area contributed by atoms with Crippen molar-refractivity contribution in [3.63, 3.8) is 0 Å². The lowest BCUT2D eigenvalue weighted by Gasteiger charge is -2.06. The molecule has 128 valence electrons. The van der Waals surface area contributed by atoms with E-state index >= 15 is 0 Å². The van der Waals surface area contributed by atoms with Crippen LogP contribution in [-0.2, 0) is 6.42 Å². The summed E-state index contributed by atoms with van der Waals surface area (Å²) in [7, 11) is 0. The number of furan rings is 1. The first-order chi connectivity index (χ1) is 11.9. The standard InChI is InChI=1S/C17H13NO7/c1-2-9-10(12(19)7-3-5-8(18-24)6-4-7)11-13(20)14(21)15(22)16(23)17(11)25-9/h3-6,20-23H,2H2,1H3. The van der Waals surface area contributed by atoms with E-state index in [1.165, 1.54) is 24.3 Å². The summed E-state index contributed by atoms with van der Waals surface area (Å²) in [4.78, 5) is 23.3. The zero-order chi connectivity index (χ0) is 18.3. The Bertz CT molecular complexity index is 1000. The van der Waals surface area contributed by atoms with Gasteiger partial charge in [-0.05, 0) is 29.4 Å². The number of ketones is 1. The number of carbonyl (C=O) groups is 1. The van der Waals surface area contributed by atoms with Crippen molar-refractivity contribution >= 4 is 22.4 Å². The number of rotatable bonds is 4. The van der Waals surface area contributed by atoms with Crippen LogP contribution in [0.25, 0.3) is 11.0 Å². The lowest BCUT2D eigenvalue weighted by atomic mass is 9.98. The third-order valence-electron chi connectivity index (χ3n) is 3.89. The Balaban J connectivity index is 2.30. The second-order valence-electron chi connectivity index (χ2n) is 5.32. The molecule has 0 unspecified atom stereocenters. The number of fused-ring (bicyclic) bond motifs is 1. The fourth-order valence-electron chi connectivity index (χ4n) is 2.63. The molecule has 0 aliphatic heterocycles. The van der Waals surface area contributed by atoms with Crippen molar-refractivity contribution in [3.8, 4) is 23.0 Å². The zero-order valence-electron chi connectivity index (χ0n) is 13.0. The quantitative estimate of drug-likeness (QED) is 0.246. The van der Waals surface area contributed by atoms with Gasteiger partial charge < -0.3 is 24.8 Å². The average Bonchev–Trinajstić information content (AvgIpc) is 3.04. The molecule has 0 spiro atoms. The van der Waals surface area contributed by atoms with Gasteiger partial charge in [0.05, 0.1) is 10.9 Å². The molecular formula is C17H13NO7. The fourth-order valence-corrected chi connectivity index (χ4v) is 2.63. The molecule has 0 aliphatic carbocycles. The van der Waals surface area contributed by atoms with E-state index in [0.717, 1.165) is 0 Å². The Hall–Kier alpha value is -3.55. The molecule has 0 saturated carbocycles. The first-order valence-corrected chi connectivity index (χ1v) is 7.30. The van der Waals surface area contributed by atoms with Gasteiger partial charge in [-0.25, -0.2) is 0 Å². The summed E-state index contributed by atoms with van der Waals surface area (Å²) in [5.74, 6) is -3.84. The lowest BCUT2D eigenvalue weighted by molar-refractivity contribution is 0.103. The number of aromatic hydroxyl groups is 4. The van der Waals surface area contributed by atoms with Crippen molar-refractivity contribution in [1.29, 1.82) is 0 Å². The minimum absolute atomic E-state index is 0.0487. The molecule has 0 radical (unpaired) electrons. The van der Waals surface area contributed by atoms with Gasteiger partial charge in [0, 0.05) is 12.0 Å². The summed E-state index contributed by atoms with van der Waals surface area (Å²) in [6.07, 6.45) is 0.254. The lowest BCUT2D eigenvalue weighted by Crippen LogP contribution is -2.03. The predicted molar refractivity (Wildman–Crippen MR) is 87.6 cm³/mol. The molecule has 1 heterocycles. The van der Waals surface area contributed by atoms with Gasteiger partial charge >= 0.3 is 0 Å². The summed E-state index contributed by atoms with van der Waals surface area (Å²) in [5, 5.41) is 42.0. The third kappa shape index (κ3) is 2.35. The molecule has 0 saturated heterocycles. The molecule has 0 fully saturated rings. The topological polar surface area (TPSA) is 141 Å². The number of benzene rings is 2. The molecule has 3 rings (SSSR count). The second-order valence-corrected chi connectivity index (χ2v) is 5.32. The largest absolute Gasteiger partial charge is 0.504 e. The molecular weight excluding hydrogens is 330 g/mol. The summed E-state index contributed by atoms with van der Waals surface area (Å²) in [6.45, 7) is 1.70. The molecule has 0 bridgehead atoms. The Labute approximate surface area is 140 Å². The normalized spacial score (nSPS) is 10.9. The van der Waals surface area contributed by atoms with Gasteiger partial charge in [-0.1, -0.05) is 6.92 Å². The van der Waals surface area contributed by atoms with Crippen molar-refractivity contribution in [2.75, 3.05) is 0 Å². The Morgan fingerprint density at radius 3 is 2.16 bits per heavy atom. The van der Waals surface area contributed by atoms with Gasteiger partial charge in [0.2, 0.25) is 17.2 Å². The van der Waals surface area contributed by atoms with E-state index in [4.69, 9.17) is 4.42 Å². The Kier molecular flexibility index (Phi) is 3.80. The van der Waals surface area contributed by atoms with E-state index < -0.39 is 28.8 Å². The van der Waals surface area contributed by atoms with E-state index in [-0.39, 0.29) is 40.0 Å². The minimum Gasteiger partial charge on any atom is -0.504 e. The monoisotopic (exact) mass is 343 g/mol. The zero-order valence-corrected chi connectivity index (χ0v) is 13.0. The van der Waals surface area contributed by atoms with Crippen LogP contribution in [0.2, 0.25) is 0 Å². The average molecular weight is 343 g/mol. The number of carbonyl (C=O) groups excluding carboxylic acids is 1. The van der Waals surface area contributed by atoms with E-state index in [1.54, 1.807) is 6.92 Å². The van der Waals surface area contributed by atoms with Gasteiger partial charge in [-0.2, -0.15) is 0 Å². The molecule has 2 aromatic carbocycles. The number of hydrogen-bond acceptors (Lipinski definition) is 8. The smallest absolute Gasteiger partial charge is 0.208 e. The maximum Gasteiger partial charge on any atom is 0.208 e. The van der Waals surface area contributed by atoms with Crippen LogP contribution in [0, 0.1) is 4.91 Å². The highest BCUT2D eigenvalue weighted by molar-refractivity contribution is 6.19. The van der Waals surface area contributed by atoms with E-state index in [1.807, 2.05) is 0 Å². The molecule has 4 N–H and O–H groups in total. The fraction of sp³-hybridized carbons (Fsp3) is 0.118. The number of nitroso groups, excluding NO2 is 1. The highest BCUT2D eigenvalue weighted by Gasteiger charge is 2.29. The molecule has 3 aromatic rings. The Morgan fingerprint density at radius 2 is 1.60 bits per heavy atom. The van der Waals surface area contributed by atoms with Crippen LogP contribution in [0.5, 0.6) is 23.0 Å². The van der Waals surface area contributed by atoms with Crippen molar-refractivity contribution in [3.05, 3.63) is 46.1 Å². The van der Waals surface area contributed by atoms with Crippen molar-refractivity contribution in [1.82, 2.24) is 0 Å². The Morgan fingerprint density at radius 1 is 1.00 bits per heavy atom. The maximum atomic E-state index is 12.9. The molecule has 0 aliphatic rings. The van der Waals surface area contributed by atoms with Crippen molar-refractivity contribution in [2.45, 2.75) is 13.3 Å². The van der Waals surface area contributed by atoms with E-state index in [9.17, 15) is 30.1 Å². The molecule has 8 heteroatoms. The molecule has 25 heavy (non-hydrogen) atoms. The van der Waals surface area contributed by atoms with Crippen LogP contribution < -0.4 is 0 Å². The summed E-state index contributed by atoms with van der Waals surface area (Å²) >= 11 is 0. The summed E-state index contributed by atoms with van der Waals surface area (Å²) in [6, 6.07) is 5.48. The van der Waals surface area contributed by atoms with Crippen LogP contribution in [0.3, 0.4) is 0 Å². The van der Waals surface area contributed by atoms with Crippen molar-refractivity contribution < 1.29 is 29.6 Å². The number of nitrogens with zero attached hydrogens (tertiary/aromatic N) is 1. The number of phenols is 4. The van der Waals surface area contributed by atoms with Crippen LogP contribution in [-0.4, -0.2) is 26.2 Å². The number of hydrogen-bond donors (Lipinski definition) is 4. The predicted octanol–water partition coefficient (Wildman–Crippen LogP) is 3.45. The highest BCUT2D eigenvalue weighted by Crippen LogP contribution is 2.51. The van der Waals surface area contributed by atoms with E-state index in [2.05, 4.69) is 5.18 Å². The second kappa shape index (κ2) is 5.82. The van der Waals surface area contributed by atoms with Crippen LogP contribution in [0.1, 0.15) is 28.6 Å². The van der Waals surface area contributed by atoms with Gasteiger partial charge in [-0.15, -0.1) is 4.91 Å². The van der Waals surface area contributed by atoms with Crippen LogP contribution in [0.15, 0.2) is 33.9 Å². The van der Waals surface area contributed by atoms with Crippen molar-refractivity contribution in [2.24, 2.45) is 5.18 Å². The molecule has 0 amide bonds. The molecule has 0 atom stereocenters. The first kappa shape index (κ1) is 16.3. The minimum atomic E-state index is -0.956. The van der Waals surface area contributed by atoms with Gasteiger partial charge in [0.25, 0.3) is 0 Å². The van der Waals surface area contributed by atoms with Gasteiger partial charge in [0.1, 0.15) is 11.4 Å². The van der Waals surface area contributed by atoms with Gasteiger partial charge in [0.15, 0.2) is 17.1 Å². The third-order valence-corrected chi connectivity index (χ3v) is 3.89. The SMILES string of the molecule is CCc1oc2c(O)c(O)c(O)c(O)c2c1C(=O)c1ccc(N=O)cc1. The summed E-state index contributed by atoms with van der Waals surface area (Å²) < 4.78 is 5.41. The van der Waals surface area contributed by atoms with Crippen LogP contribution >= 0.6 is 0 Å². The molecule has 8 nitrogen and oxygen atoms in total. The summed E-state index contributed by atoms with van der Waals surface area (Å²) in [5.41, 5.74) is -0.0183. The van der Waals surface area contributed by atoms with Gasteiger partial charge in [-0.3, -0.25) is 4.79 Å². The highest BCUT2D eigenvalue weighted by atomic mass is 16.4. The van der Waals surface area contributed by atoms with Crippen LogP contribution in [0.4, 0.5) is 5.69 Å².